The summed E-state index contributed by atoms with van der Waals surface area (Å²) in [6.45, 7) is 1.65. The average molecular weight is 325 g/mol. The zero-order chi connectivity index (χ0) is 15.9. The fraction of sp³-hybridized carbons (Fsp3) is 0.538. The van der Waals surface area contributed by atoms with Gasteiger partial charge in [-0.3, -0.25) is 4.68 Å². The molecule has 2 aromatic heterocycles. The first-order valence-corrected chi connectivity index (χ1v) is 8.55. The Morgan fingerprint density at radius 2 is 2.18 bits per heavy atom. The Morgan fingerprint density at radius 3 is 2.77 bits per heavy atom. The van der Waals surface area contributed by atoms with Gasteiger partial charge in [0.25, 0.3) is 0 Å². The highest BCUT2D eigenvalue weighted by Gasteiger charge is 2.38. The van der Waals surface area contributed by atoms with Crippen molar-refractivity contribution in [2.45, 2.75) is 42.8 Å². The number of rotatable bonds is 4. The molecule has 9 heteroatoms. The van der Waals surface area contributed by atoms with Crippen LogP contribution in [-0.4, -0.2) is 45.0 Å². The largest absolute Gasteiger partial charge is 0.389 e. The predicted octanol–water partition coefficient (Wildman–Crippen LogP) is -0.0321. The molecular formula is C13H19N5O3S. The van der Waals surface area contributed by atoms with Crippen LogP contribution < -0.4 is 4.72 Å². The molecular weight excluding hydrogens is 306 g/mol. The number of nitrogens with one attached hydrogen (secondary N) is 1. The summed E-state index contributed by atoms with van der Waals surface area (Å²) in [6.07, 6.45) is 6.99. The molecule has 2 N–H and O–H groups in total. The third kappa shape index (κ3) is 2.67. The van der Waals surface area contributed by atoms with Gasteiger partial charge in [-0.25, -0.2) is 18.1 Å². The smallest absolute Gasteiger partial charge is 0.244 e. The summed E-state index contributed by atoms with van der Waals surface area (Å²) in [6, 6.07) is -0.679. The van der Waals surface area contributed by atoms with E-state index in [1.165, 1.54) is 10.9 Å². The standard InChI is InChI=1S/C13H19N5O3S/c1-9-12(7-17(2)15-9)22(20,21)16-10-3-4-11(13(10)19)18-6-5-14-8-18/h5-8,10-11,13,16,19H,3-4H2,1-2H3/t10-,11-,13-/m1/s1. The maximum absolute atomic E-state index is 12.5. The molecule has 3 rings (SSSR count). The van der Waals surface area contributed by atoms with E-state index in [-0.39, 0.29) is 10.9 Å². The van der Waals surface area contributed by atoms with Crippen LogP contribution in [0, 0.1) is 6.92 Å². The summed E-state index contributed by atoms with van der Waals surface area (Å²) < 4.78 is 30.8. The molecule has 1 aliphatic carbocycles. The van der Waals surface area contributed by atoms with Crippen molar-refractivity contribution >= 4 is 10.0 Å². The number of sulfonamides is 1. The molecule has 1 aliphatic rings. The number of hydrogen-bond donors (Lipinski definition) is 2. The lowest BCUT2D eigenvalue weighted by Crippen LogP contribution is -2.42. The van der Waals surface area contributed by atoms with Crippen molar-refractivity contribution in [1.29, 1.82) is 0 Å². The second-order valence-electron chi connectivity index (χ2n) is 5.63. The maximum Gasteiger partial charge on any atom is 0.244 e. The van der Waals surface area contributed by atoms with Crippen LogP contribution in [0.3, 0.4) is 0 Å². The van der Waals surface area contributed by atoms with E-state index in [9.17, 15) is 13.5 Å². The van der Waals surface area contributed by atoms with Crippen LogP contribution >= 0.6 is 0 Å². The van der Waals surface area contributed by atoms with Crippen LogP contribution in [0.2, 0.25) is 0 Å². The summed E-state index contributed by atoms with van der Waals surface area (Å²) in [5.41, 5.74) is 0.439. The number of aliphatic hydroxyl groups excluding tert-OH is 1. The van der Waals surface area contributed by atoms with Crippen molar-refractivity contribution < 1.29 is 13.5 Å². The molecule has 3 atom stereocenters. The van der Waals surface area contributed by atoms with Crippen LogP contribution in [-0.2, 0) is 17.1 Å². The van der Waals surface area contributed by atoms with Gasteiger partial charge in [0, 0.05) is 25.6 Å². The molecule has 0 radical (unpaired) electrons. The van der Waals surface area contributed by atoms with E-state index >= 15 is 0 Å². The summed E-state index contributed by atoms with van der Waals surface area (Å²) in [4.78, 5) is 4.11. The Labute approximate surface area is 128 Å². The maximum atomic E-state index is 12.5. The van der Waals surface area contributed by atoms with Crippen LogP contribution in [0.1, 0.15) is 24.6 Å². The lowest BCUT2D eigenvalue weighted by Gasteiger charge is -2.21. The summed E-state index contributed by atoms with van der Waals surface area (Å²) in [5.74, 6) is 0. The van der Waals surface area contributed by atoms with Gasteiger partial charge in [-0.1, -0.05) is 0 Å². The number of aliphatic hydroxyl groups is 1. The van der Waals surface area contributed by atoms with E-state index in [2.05, 4.69) is 14.8 Å². The zero-order valence-corrected chi connectivity index (χ0v) is 13.2. The Hall–Kier alpha value is -1.71. The second-order valence-corrected chi connectivity index (χ2v) is 7.31. The summed E-state index contributed by atoms with van der Waals surface area (Å²) >= 11 is 0. The van der Waals surface area contributed by atoms with E-state index < -0.39 is 22.2 Å². The molecule has 0 unspecified atom stereocenters. The Morgan fingerprint density at radius 1 is 1.41 bits per heavy atom. The highest BCUT2D eigenvalue weighted by molar-refractivity contribution is 7.89. The molecule has 0 aromatic carbocycles. The quantitative estimate of drug-likeness (QED) is 0.822. The topological polar surface area (TPSA) is 102 Å². The molecule has 8 nitrogen and oxygen atoms in total. The lowest BCUT2D eigenvalue weighted by molar-refractivity contribution is 0.117. The van der Waals surface area contributed by atoms with Crippen LogP contribution in [0.5, 0.6) is 0 Å². The number of aromatic nitrogens is 4. The molecule has 1 saturated carbocycles. The molecule has 2 heterocycles. The van der Waals surface area contributed by atoms with Crippen LogP contribution in [0.4, 0.5) is 0 Å². The molecule has 0 aliphatic heterocycles. The number of nitrogens with zero attached hydrogens (tertiary/aromatic N) is 4. The molecule has 120 valence electrons. The predicted molar refractivity (Wildman–Crippen MR) is 78.6 cm³/mol. The molecule has 0 amide bonds. The van der Waals surface area contributed by atoms with Crippen LogP contribution in [0.25, 0.3) is 0 Å². The molecule has 0 spiro atoms. The fourth-order valence-electron chi connectivity index (χ4n) is 2.98. The van der Waals surface area contributed by atoms with Crippen molar-refractivity contribution in [1.82, 2.24) is 24.1 Å². The Kier molecular flexibility index (Phi) is 3.79. The first-order valence-electron chi connectivity index (χ1n) is 7.06. The third-order valence-corrected chi connectivity index (χ3v) is 5.65. The lowest BCUT2D eigenvalue weighted by atomic mass is 10.2. The van der Waals surface area contributed by atoms with E-state index in [1.807, 2.05) is 4.57 Å². The summed E-state index contributed by atoms with van der Waals surface area (Å²) in [5, 5.41) is 14.5. The number of imidazole rings is 1. The molecule has 0 bridgehead atoms. The van der Waals surface area contributed by atoms with Crippen LogP contribution in [0.15, 0.2) is 29.8 Å². The Bertz CT molecular complexity index is 753. The van der Waals surface area contributed by atoms with Crippen molar-refractivity contribution in [3.05, 3.63) is 30.6 Å². The van der Waals surface area contributed by atoms with E-state index in [4.69, 9.17) is 0 Å². The molecule has 1 fully saturated rings. The van der Waals surface area contributed by atoms with Gasteiger partial charge in [0.1, 0.15) is 4.90 Å². The third-order valence-electron chi connectivity index (χ3n) is 4.05. The first kappa shape index (κ1) is 15.2. The van der Waals surface area contributed by atoms with Crippen molar-refractivity contribution in [3.8, 4) is 0 Å². The minimum atomic E-state index is -3.70. The van der Waals surface area contributed by atoms with Gasteiger partial charge in [0.05, 0.1) is 30.2 Å². The molecule has 2 aromatic rings. The normalized spacial score (nSPS) is 25.7. The average Bonchev–Trinajstić information content (AvgIpc) is 3.13. The van der Waals surface area contributed by atoms with Gasteiger partial charge in [0.15, 0.2) is 0 Å². The Balaban J connectivity index is 1.78. The van der Waals surface area contributed by atoms with E-state index in [0.717, 1.165) is 0 Å². The zero-order valence-electron chi connectivity index (χ0n) is 12.4. The van der Waals surface area contributed by atoms with Gasteiger partial charge in [-0.15, -0.1) is 0 Å². The van der Waals surface area contributed by atoms with Gasteiger partial charge in [-0.05, 0) is 19.8 Å². The second kappa shape index (κ2) is 5.49. The highest BCUT2D eigenvalue weighted by Crippen LogP contribution is 2.31. The minimum absolute atomic E-state index is 0.147. The molecule has 0 saturated heterocycles. The van der Waals surface area contributed by atoms with Crippen molar-refractivity contribution in [2.75, 3.05) is 0 Å². The van der Waals surface area contributed by atoms with Gasteiger partial charge >= 0.3 is 0 Å². The van der Waals surface area contributed by atoms with E-state index in [1.54, 1.807) is 32.7 Å². The van der Waals surface area contributed by atoms with Gasteiger partial charge in [0.2, 0.25) is 10.0 Å². The van der Waals surface area contributed by atoms with Crippen molar-refractivity contribution in [2.24, 2.45) is 7.05 Å². The SMILES string of the molecule is Cc1nn(C)cc1S(=O)(=O)N[C@@H]1CC[C@@H](n2ccnc2)[C@@H]1O. The minimum Gasteiger partial charge on any atom is -0.389 e. The summed E-state index contributed by atoms with van der Waals surface area (Å²) in [7, 11) is -2.02. The van der Waals surface area contributed by atoms with Gasteiger partial charge in [-0.2, -0.15) is 5.10 Å². The monoisotopic (exact) mass is 325 g/mol. The van der Waals surface area contributed by atoms with Gasteiger partial charge < -0.3 is 9.67 Å². The highest BCUT2D eigenvalue weighted by atomic mass is 32.2. The van der Waals surface area contributed by atoms with Crippen molar-refractivity contribution in [3.63, 3.8) is 0 Å². The number of aryl methyl sites for hydroxylation is 2. The number of hydrogen-bond acceptors (Lipinski definition) is 5. The fourth-order valence-corrected chi connectivity index (χ4v) is 4.49. The molecule has 22 heavy (non-hydrogen) atoms. The first-order chi connectivity index (χ1) is 10.4. The van der Waals surface area contributed by atoms with E-state index in [0.29, 0.717) is 18.5 Å².